The van der Waals surface area contributed by atoms with E-state index in [0.717, 1.165) is 41.7 Å². The first-order chi connectivity index (χ1) is 11.7. The number of hydrogen-bond donors (Lipinski definition) is 0. The summed E-state index contributed by atoms with van der Waals surface area (Å²) in [4.78, 5) is 22.2. The van der Waals surface area contributed by atoms with Crippen molar-refractivity contribution in [3.63, 3.8) is 0 Å². The lowest BCUT2D eigenvalue weighted by atomic mass is 10.0. The number of aryl methyl sites for hydroxylation is 1. The minimum absolute atomic E-state index is 0.0535. The van der Waals surface area contributed by atoms with E-state index in [4.69, 9.17) is 9.72 Å². The first-order valence-electron chi connectivity index (χ1n) is 8.26. The molecule has 4 rings (SSSR count). The highest BCUT2D eigenvalue weighted by atomic mass is 16.5. The molecule has 1 fully saturated rings. The number of fused-ring (bicyclic) bond motifs is 1. The lowest BCUT2D eigenvalue weighted by Crippen LogP contribution is -2.24. The molecule has 24 heavy (non-hydrogen) atoms. The fraction of sp³-hybridized carbons (Fsp3) is 0.316. The molecule has 0 aliphatic heterocycles. The van der Waals surface area contributed by atoms with E-state index in [1.165, 1.54) is 0 Å². The van der Waals surface area contributed by atoms with Gasteiger partial charge in [-0.05, 0) is 30.5 Å². The van der Waals surface area contributed by atoms with Crippen LogP contribution in [0.5, 0.6) is 5.75 Å². The predicted octanol–water partition coefficient (Wildman–Crippen LogP) is 3.36. The zero-order valence-electron chi connectivity index (χ0n) is 13.8. The van der Waals surface area contributed by atoms with Crippen LogP contribution >= 0.6 is 0 Å². The average molecular weight is 321 g/mol. The van der Waals surface area contributed by atoms with Gasteiger partial charge in [0.1, 0.15) is 11.6 Å². The molecule has 5 heteroatoms. The Morgan fingerprint density at radius 3 is 2.83 bits per heavy atom. The van der Waals surface area contributed by atoms with Gasteiger partial charge in [-0.3, -0.25) is 14.3 Å². The molecular formula is C19H19N3O2. The van der Waals surface area contributed by atoms with E-state index in [1.54, 1.807) is 19.5 Å². The molecule has 0 unspecified atom stereocenters. The summed E-state index contributed by atoms with van der Waals surface area (Å²) in [6.45, 7) is 2.04. The Labute approximate surface area is 139 Å². The fourth-order valence-corrected chi connectivity index (χ4v) is 3.17. The van der Waals surface area contributed by atoms with Crippen LogP contribution in [0.3, 0.4) is 0 Å². The molecule has 5 nitrogen and oxygen atoms in total. The molecule has 2 aromatic heterocycles. The van der Waals surface area contributed by atoms with Gasteiger partial charge in [0.2, 0.25) is 0 Å². The van der Waals surface area contributed by atoms with Crippen LogP contribution in [0.25, 0.3) is 22.0 Å². The summed E-state index contributed by atoms with van der Waals surface area (Å²) in [6.07, 6.45) is 6.29. The van der Waals surface area contributed by atoms with Crippen molar-refractivity contribution in [2.45, 2.75) is 32.2 Å². The third-order valence-electron chi connectivity index (χ3n) is 4.49. The zero-order chi connectivity index (χ0) is 16.7. The molecule has 1 saturated carbocycles. The van der Waals surface area contributed by atoms with E-state index in [2.05, 4.69) is 4.98 Å². The fourth-order valence-electron chi connectivity index (χ4n) is 3.17. The first kappa shape index (κ1) is 14.9. The second-order valence-corrected chi connectivity index (χ2v) is 6.10. The summed E-state index contributed by atoms with van der Waals surface area (Å²) >= 11 is 0. The van der Waals surface area contributed by atoms with E-state index in [1.807, 2.05) is 35.8 Å². The Morgan fingerprint density at radius 1 is 1.29 bits per heavy atom. The van der Waals surface area contributed by atoms with Crippen LogP contribution in [0, 0.1) is 0 Å². The van der Waals surface area contributed by atoms with Gasteiger partial charge in [-0.15, -0.1) is 0 Å². The van der Waals surface area contributed by atoms with Crippen molar-refractivity contribution in [2.24, 2.45) is 0 Å². The predicted molar refractivity (Wildman–Crippen MR) is 93.4 cm³/mol. The maximum absolute atomic E-state index is 13.2. The van der Waals surface area contributed by atoms with Crippen LogP contribution in [-0.4, -0.2) is 21.6 Å². The number of nitrogens with zero attached hydrogens (tertiary/aromatic N) is 3. The number of ether oxygens (including phenoxy) is 1. The van der Waals surface area contributed by atoms with Crippen molar-refractivity contribution in [1.82, 2.24) is 14.5 Å². The van der Waals surface area contributed by atoms with E-state index in [-0.39, 0.29) is 5.56 Å². The Balaban J connectivity index is 2.03. The normalized spacial score (nSPS) is 14.1. The molecule has 0 atom stereocenters. The van der Waals surface area contributed by atoms with Crippen molar-refractivity contribution in [2.75, 3.05) is 7.11 Å². The molecule has 3 aromatic rings. The number of pyridine rings is 1. The van der Waals surface area contributed by atoms with Crippen LogP contribution in [0.2, 0.25) is 0 Å². The molecule has 0 bridgehead atoms. The molecular weight excluding hydrogens is 302 g/mol. The van der Waals surface area contributed by atoms with Crippen LogP contribution in [0.1, 0.15) is 31.6 Å². The molecule has 0 N–H and O–H groups in total. The molecule has 0 spiro atoms. The van der Waals surface area contributed by atoms with Gasteiger partial charge in [-0.1, -0.05) is 19.1 Å². The van der Waals surface area contributed by atoms with Crippen LogP contribution in [0.15, 0.2) is 41.5 Å². The maximum Gasteiger partial charge on any atom is 0.262 e. The lowest BCUT2D eigenvalue weighted by molar-refractivity contribution is 0.413. The van der Waals surface area contributed by atoms with Gasteiger partial charge in [-0.2, -0.15) is 0 Å². The molecule has 1 aliphatic rings. The summed E-state index contributed by atoms with van der Waals surface area (Å²) < 4.78 is 7.15. The zero-order valence-corrected chi connectivity index (χ0v) is 13.8. The van der Waals surface area contributed by atoms with Crippen LogP contribution < -0.4 is 10.3 Å². The minimum Gasteiger partial charge on any atom is -0.495 e. The average Bonchev–Trinajstić information content (AvgIpc) is 3.45. The van der Waals surface area contributed by atoms with E-state index >= 15 is 0 Å². The second kappa shape index (κ2) is 5.74. The van der Waals surface area contributed by atoms with Gasteiger partial charge < -0.3 is 4.74 Å². The summed E-state index contributed by atoms with van der Waals surface area (Å²) in [7, 11) is 1.61. The minimum atomic E-state index is 0.0535. The van der Waals surface area contributed by atoms with Crippen molar-refractivity contribution in [3.05, 3.63) is 52.8 Å². The van der Waals surface area contributed by atoms with Crippen molar-refractivity contribution >= 4 is 10.9 Å². The number of benzene rings is 1. The number of aromatic nitrogens is 3. The summed E-state index contributed by atoms with van der Waals surface area (Å²) in [5.41, 5.74) is 2.52. The molecule has 2 heterocycles. The monoisotopic (exact) mass is 321 g/mol. The Kier molecular flexibility index (Phi) is 3.56. The van der Waals surface area contributed by atoms with Gasteiger partial charge in [-0.25, -0.2) is 4.98 Å². The maximum atomic E-state index is 13.2. The number of methoxy groups -OCH3 is 1. The highest BCUT2D eigenvalue weighted by Gasteiger charge is 2.28. The van der Waals surface area contributed by atoms with Gasteiger partial charge in [0.05, 0.1) is 24.2 Å². The van der Waals surface area contributed by atoms with Crippen molar-refractivity contribution in [3.8, 4) is 16.9 Å². The molecule has 1 aliphatic carbocycles. The van der Waals surface area contributed by atoms with Crippen LogP contribution in [0.4, 0.5) is 0 Å². The van der Waals surface area contributed by atoms with Gasteiger partial charge >= 0.3 is 0 Å². The summed E-state index contributed by atoms with van der Waals surface area (Å²) in [5, 5.41) is 0.664. The summed E-state index contributed by atoms with van der Waals surface area (Å²) in [5.74, 6) is 1.54. The van der Waals surface area contributed by atoms with Crippen LogP contribution in [-0.2, 0) is 6.42 Å². The van der Waals surface area contributed by atoms with E-state index in [9.17, 15) is 4.79 Å². The van der Waals surface area contributed by atoms with Gasteiger partial charge in [0.25, 0.3) is 5.56 Å². The highest BCUT2D eigenvalue weighted by molar-refractivity contribution is 5.94. The van der Waals surface area contributed by atoms with Gasteiger partial charge in [0, 0.05) is 24.2 Å². The van der Waals surface area contributed by atoms with Crippen molar-refractivity contribution < 1.29 is 4.74 Å². The smallest absolute Gasteiger partial charge is 0.262 e. The first-order valence-corrected chi connectivity index (χ1v) is 8.26. The lowest BCUT2D eigenvalue weighted by Gasteiger charge is -2.14. The van der Waals surface area contributed by atoms with E-state index < -0.39 is 0 Å². The largest absolute Gasteiger partial charge is 0.495 e. The molecule has 122 valence electrons. The molecule has 1 aromatic carbocycles. The highest BCUT2D eigenvalue weighted by Crippen LogP contribution is 2.35. The SMILES string of the molecule is CCc1nc2cccc(-c3cncc(OC)c3)c2c(=O)n1C1CC1. The van der Waals surface area contributed by atoms with Crippen molar-refractivity contribution in [1.29, 1.82) is 0 Å². The third-order valence-corrected chi connectivity index (χ3v) is 4.49. The standard InChI is InChI=1S/C19H19N3O2/c1-3-17-21-16-6-4-5-15(12-9-14(24-2)11-20-10-12)18(16)19(23)22(17)13-7-8-13/h4-6,9-11,13H,3,7-8H2,1-2H3. The van der Waals surface area contributed by atoms with Gasteiger partial charge in [0.15, 0.2) is 0 Å². The summed E-state index contributed by atoms with van der Waals surface area (Å²) in [6, 6.07) is 8.00. The Hall–Kier alpha value is -2.69. The Morgan fingerprint density at radius 2 is 2.12 bits per heavy atom. The molecule has 0 amide bonds. The number of hydrogen-bond acceptors (Lipinski definition) is 4. The number of rotatable bonds is 4. The molecule has 0 saturated heterocycles. The second-order valence-electron chi connectivity index (χ2n) is 6.10. The van der Waals surface area contributed by atoms with E-state index in [0.29, 0.717) is 17.2 Å². The third kappa shape index (κ3) is 2.37. The quantitative estimate of drug-likeness (QED) is 0.739. The molecule has 0 radical (unpaired) electrons. The topological polar surface area (TPSA) is 57.0 Å². The Bertz CT molecular complexity index is 974.